The molecule has 0 radical (unpaired) electrons. The molecule has 27 heavy (non-hydrogen) atoms. The van der Waals surface area contributed by atoms with Crippen LogP contribution in [-0.4, -0.2) is 19.1 Å². The highest BCUT2D eigenvalue weighted by Gasteiger charge is 2.15. The fraction of sp³-hybridized carbons (Fsp3) is 0.118. The first-order valence-corrected chi connectivity index (χ1v) is 8.42. The van der Waals surface area contributed by atoms with Gasteiger partial charge in [-0.25, -0.2) is 14.8 Å². The lowest BCUT2D eigenvalue weighted by atomic mass is 10.2. The highest BCUT2D eigenvalue weighted by Crippen LogP contribution is 2.24. The van der Waals surface area contributed by atoms with Crippen LogP contribution >= 0.6 is 15.9 Å². The van der Waals surface area contributed by atoms with Crippen LogP contribution in [0.4, 0.5) is 11.5 Å². The Kier molecular flexibility index (Phi) is 5.05. The Bertz CT molecular complexity index is 1160. The monoisotopic (exact) mass is 428 g/mol. The van der Waals surface area contributed by atoms with Crippen molar-refractivity contribution >= 4 is 27.4 Å². The van der Waals surface area contributed by atoms with E-state index < -0.39 is 11.2 Å². The molecule has 0 aliphatic carbocycles. The van der Waals surface area contributed by atoms with Crippen molar-refractivity contribution in [1.82, 2.24) is 19.1 Å². The molecule has 136 valence electrons. The smallest absolute Gasteiger partial charge is 0.332 e. The van der Waals surface area contributed by atoms with Gasteiger partial charge < -0.3 is 10.1 Å². The third-order valence-electron chi connectivity index (χ3n) is 3.68. The van der Waals surface area contributed by atoms with Crippen molar-refractivity contribution in [3.8, 4) is 17.8 Å². The summed E-state index contributed by atoms with van der Waals surface area (Å²) in [7, 11) is 2.79. The SMILES string of the molecule is Cn1c(Nc2cccc(Oc3ncc(Br)cn3)c2)c(C#N)c(=O)n(C)c1=O. The Morgan fingerprint density at radius 2 is 1.89 bits per heavy atom. The maximum Gasteiger partial charge on any atom is 0.332 e. The number of nitrogens with zero attached hydrogens (tertiary/aromatic N) is 5. The summed E-state index contributed by atoms with van der Waals surface area (Å²) in [6, 6.07) is 8.75. The zero-order valence-corrected chi connectivity index (χ0v) is 15.9. The summed E-state index contributed by atoms with van der Waals surface area (Å²) < 4.78 is 8.39. The van der Waals surface area contributed by atoms with E-state index in [2.05, 4.69) is 31.2 Å². The Morgan fingerprint density at radius 3 is 2.56 bits per heavy atom. The molecule has 0 spiro atoms. The van der Waals surface area contributed by atoms with Gasteiger partial charge in [0.25, 0.3) is 5.56 Å². The fourth-order valence-corrected chi connectivity index (χ4v) is 2.53. The van der Waals surface area contributed by atoms with Crippen molar-refractivity contribution in [3.05, 3.63) is 67.5 Å². The van der Waals surface area contributed by atoms with Gasteiger partial charge in [0.1, 0.15) is 17.6 Å². The number of hydrogen-bond donors (Lipinski definition) is 1. The third-order valence-corrected chi connectivity index (χ3v) is 4.09. The van der Waals surface area contributed by atoms with E-state index in [-0.39, 0.29) is 17.4 Å². The Hall–Kier alpha value is -3.45. The van der Waals surface area contributed by atoms with E-state index in [4.69, 9.17) is 4.74 Å². The molecule has 3 aromatic rings. The van der Waals surface area contributed by atoms with Crippen LogP contribution in [-0.2, 0) is 14.1 Å². The first kappa shape index (κ1) is 18.3. The van der Waals surface area contributed by atoms with E-state index in [1.54, 1.807) is 36.7 Å². The van der Waals surface area contributed by atoms with E-state index in [1.165, 1.54) is 18.7 Å². The van der Waals surface area contributed by atoms with Gasteiger partial charge in [0.15, 0.2) is 5.56 Å². The van der Waals surface area contributed by atoms with Crippen LogP contribution in [0.3, 0.4) is 0 Å². The van der Waals surface area contributed by atoms with Gasteiger partial charge in [0, 0.05) is 38.2 Å². The largest absolute Gasteiger partial charge is 0.424 e. The minimum Gasteiger partial charge on any atom is -0.424 e. The van der Waals surface area contributed by atoms with Crippen molar-refractivity contribution in [2.24, 2.45) is 14.1 Å². The van der Waals surface area contributed by atoms with Crippen molar-refractivity contribution in [1.29, 1.82) is 5.26 Å². The molecular formula is C17H13BrN6O3. The Morgan fingerprint density at radius 1 is 1.19 bits per heavy atom. The van der Waals surface area contributed by atoms with Gasteiger partial charge in [-0.05, 0) is 28.1 Å². The van der Waals surface area contributed by atoms with Gasteiger partial charge in [-0.1, -0.05) is 6.07 Å². The normalized spacial score (nSPS) is 10.3. The number of ether oxygens (including phenoxy) is 1. The number of hydrogen-bond acceptors (Lipinski definition) is 7. The number of anilines is 2. The molecule has 1 aromatic carbocycles. The zero-order chi connectivity index (χ0) is 19.6. The van der Waals surface area contributed by atoms with Gasteiger partial charge in [0.05, 0.1) is 4.47 Å². The molecule has 9 nitrogen and oxygen atoms in total. The molecule has 2 heterocycles. The maximum absolute atomic E-state index is 12.2. The van der Waals surface area contributed by atoms with E-state index in [0.717, 1.165) is 9.04 Å². The summed E-state index contributed by atoms with van der Waals surface area (Å²) in [4.78, 5) is 32.4. The first-order valence-electron chi connectivity index (χ1n) is 7.63. The predicted octanol–water partition coefficient (Wildman–Crippen LogP) is 2.04. The molecular weight excluding hydrogens is 416 g/mol. The molecule has 0 unspecified atom stereocenters. The van der Waals surface area contributed by atoms with E-state index in [1.807, 2.05) is 6.07 Å². The van der Waals surface area contributed by atoms with Crippen molar-refractivity contribution < 1.29 is 4.74 Å². The summed E-state index contributed by atoms with van der Waals surface area (Å²) in [6.45, 7) is 0. The Labute approximate surface area is 161 Å². The standard InChI is InChI=1S/C17H13BrN6O3/c1-23-14(13(7-19)15(25)24(2)17(23)26)22-11-4-3-5-12(6-11)27-16-20-8-10(18)9-21-16/h3-6,8-9,22H,1-2H3. The lowest BCUT2D eigenvalue weighted by Gasteiger charge is -2.14. The molecule has 2 aromatic heterocycles. The topological polar surface area (TPSA) is 115 Å². The summed E-state index contributed by atoms with van der Waals surface area (Å²) in [5, 5.41) is 12.3. The molecule has 0 aliphatic heterocycles. The number of rotatable bonds is 4. The molecule has 0 saturated heterocycles. The second kappa shape index (κ2) is 7.43. The zero-order valence-electron chi connectivity index (χ0n) is 14.3. The number of halogens is 1. The molecule has 3 rings (SSSR count). The highest BCUT2D eigenvalue weighted by atomic mass is 79.9. The van der Waals surface area contributed by atoms with Gasteiger partial charge in [-0.2, -0.15) is 5.26 Å². The van der Waals surface area contributed by atoms with Crippen molar-refractivity contribution in [2.75, 3.05) is 5.32 Å². The molecule has 10 heteroatoms. The van der Waals surface area contributed by atoms with Gasteiger partial charge >= 0.3 is 11.7 Å². The van der Waals surface area contributed by atoms with E-state index in [0.29, 0.717) is 11.4 Å². The molecule has 0 saturated carbocycles. The van der Waals surface area contributed by atoms with Crippen molar-refractivity contribution in [2.45, 2.75) is 0 Å². The lowest BCUT2D eigenvalue weighted by molar-refractivity contribution is 0.441. The van der Waals surface area contributed by atoms with Gasteiger partial charge in [-0.15, -0.1) is 0 Å². The van der Waals surface area contributed by atoms with Crippen LogP contribution in [0.15, 0.2) is 50.7 Å². The third kappa shape index (κ3) is 3.73. The van der Waals surface area contributed by atoms with Crippen LogP contribution in [0.25, 0.3) is 0 Å². The van der Waals surface area contributed by atoms with E-state index >= 15 is 0 Å². The molecule has 0 fully saturated rings. The predicted molar refractivity (Wildman–Crippen MR) is 101 cm³/mol. The number of nitrogens with one attached hydrogen (secondary N) is 1. The molecule has 0 amide bonds. The van der Waals surface area contributed by atoms with Crippen molar-refractivity contribution in [3.63, 3.8) is 0 Å². The molecule has 0 bridgehead atoms. The second-order valence-corrected chi connectivity index (χ2v) is 6.40. The van der Waals surface area contributed by atoms with Gasteiger partial charge in [-0.3, -0.25) is 13.9 Å². The average molecular weight is 429 g/mol. The van der Waals surface area contributed by atoms with Crippen LogP contribution < -0.4 is 21.3 Å². The Balaban J connectivity index is 1.96. The molecule has 1 N–H and O–H groups in total. The minimum absolute atomic E-state index is 0.0997. The second-order valence-electron chi connectivity index (χ2n) is 5.48. The summed E-state index contributed by atoms with van der Waals surface area (Å²) in [5.74, 6) is 0.539. The number of nitriles is 1. The van der Waals surface area contributed by atoms with E-state index in [9.17, 15) is 14.9 Å². The molecule has 0 atom stereocenters. The fourth-order valence-electron chi connectivity index (χ4n) is 2.32. The summed E-state index contributed by atoms with van der Waals surface area (Å²) >= 11 is 3.24. The van der Waals surface area contributed by atoms with Crippen LogP contribution in [0, 0.1) is 11.3 Å². The summed E-state index contributed by atoms with van der Waals surface area (Å²) in [5.41, 5.74) is -0.859. The molecule has 0 aliphatic rings. The summed E-state index contributed by atoms with van der Waals surface area (Å²) in [6.07, 6.45) is 3.11. The average Bonchev–Trinajstić information content (AvgIpc) is 2.67. The maximum atomic E-state index is 12.2. The number of benzene rings is 1. The van der Waals surface area contributed by atoms with Crippen LogP contribution in [0.5, 0.6) is 11.8 Å². The highest BCUT2D eigenvalue weighted by molar-refractivity contribution is 9.10. The first-order chi connectivity index (χ1) is 12.9. The lowest BCUT2D eigenvalue weighted by Crippen LogP contribution is -2.39. The van der Waals surface area contributed by atoms with Gasteiger partial charge in [0.2, 0.25) is 0 Å². The quantitative estimate of drug-likeness (QED) is 0.675. The van der Waals surface area contributed by atoms with Crippen LogP contribution in [0.1, 0.15) is 5.56 Å². The van der Waals surface area contributed by atoms with Crippen LogP contribution in [0.2, 0.25) is 0 Å². The number of aromatic nitrogens is 4. The minimum atomic E-state index is -0.668.